The van der Waals surface area contributed by atoms with E-state index < -0.39 is 10.0 Å². The number of rotatable bonds is 7. The highest BCUT2D eigenvalue weighted by molar-refractivity contribution is 7.89. The van der Waals surface area contributed by atoms with Crippen LogP contribution in [0, 0.1) is 0 Å². The van der Waals surface area contributed by atoms with Gasteiger partial charge in [-0.25, -0.2) is 8.42 Å². The Labute approximate surface area is 188 Å². The summed E-state index contributed by atoms with van der Waals surface area (Å²) >= 11 is 0. The second kappa shape index (κ2) is 10.0. The highest BCUT2D eigenvalue weighted by atomic mass is 32.2. The summed E-state index contributed by atoms with van der Waals surface area (Å²) in [6.45, 7) is 1.11. The number of sulfonamides is 1. The maximum Gasteiger partial charge on any atom is 0.254 e. The number of carbonyl (C=O) groups excluding carboxylic acids is 2. The van der Waals surface area contributed by atoms with Crippen molar-refractivity contribution in [2.75, 3.05) is 54.0 Å². The zero-order chi connectivity index (χ0) is 23.3. The maximum absolute atomic E-state index is 12.8. The molecule has 0 N–H and O–H groups in total. The highest BCUT2D eigenvalue weighted by Gasteiger charge is 2.29. The predicted octanol–water partition coefficient (Wildman–Crippen LogP) is 1.31. The summed E-state index contributed by atoms with van der Waals surface area (Å²) in [6.07, 6.45) is 0. The van der Waals surface area contributed by atoms with E-state index in [0.29, 0.717) is 43.2 Å². The summed E-state index contributed by atoms with van der Waals surface area (Å²) in [6, 6.07) is 13.0. The molecule has 1 heterocycles. The van der Waals surface area contributed by atoms with Crippen molar-refractivity contribution in [2.24, 2.45) is 0 Å². The molecule has 0 radical (unpaired) electrons. The van der Waals surface area contributed by atoms with Crippen molar-refractivity contribution in [1.82, 2.24) is 14.1 Å². The molecule has 1 aliphatic heterocycles. The molecule has 0 bridgehead atoms. The molecule has 10 heteroatoms. The third-order valence-electron chi connectivity index (χ3n) is 5.36. The van der Waals surface area contributed by atoms with E-state index in [-0.39, 0.29) is 23.3 Å². The molecule has 0 saturated carbocycles. The molecule has 1 saturated heterocycles. The van der Waals surface area contributed by atoms with Crippen LogP contribution in [0.15, 0.2) is 53.4 Å². The summed E-state index contributed by atoms with van der Waals surface area (Å²) in [7, 11) is 0.671. The summed E-state index contributed by atoms with van der Waals surface area (Å²) in [5.41, 5.74) is 0.469. The highest BCUT2D eigenvalue weighted by Crippen LogP contribution is 2.28. The van der Waals surface area contributed by atoms with Gasteiger partial charge in [0.25, 0.3) is 5.91 Å². The van der Waals surface area contributed by atoms with Crippen molar-refractivity contribution >= 4 is 21.8 Å². The first-order chi connectivity index (χ1) is 15.3. The van der Waals surface area contributed by atoms with Crippen molar-refractivity contribution < 1.29 is 27.5 Å². The van der Waals surface area contributed by atoms with Gasteiger partial charge in [0.1, 0.15) is 0 Å². The number of hydrogen-bond donors (Lipinski definition) is 0. The van der Waals surface area contributed by atoms with Crippen molar-refractivity contribution in [3.8, 4) is 11.5 Å². The lowest BCUT2D eigenvalue weighted by Crippen LogP contribution is -2.52. The van der Waals surface area contributed by atoms with Crippen molar-refractivity contribution in [3.05, 3.63) is 54.1 Å². The quantitative estimate of drug-likeness (QED) is 0.617. The Balaban J connectivity index is 1.58. The number of carbonyl (C=O) groups is 2. The van der Waals surface area contributed by atoms with Gasteiger partial charge in [0.15, 0.2) is 11.5 Å². The molecule has 9 nitrogen and oxygen atoms in total. The van der Waals surface area contributed by atoms with Crippen LogP contribution in [0.2, 0.25) is 0 Å². The van der Waals surface area contributed by atoms with Crippen molar-refractivity contribution in [1.29, 1.82) is 0 Å². The molecule has 2 amide bonds. The molecular weight excluding hydrogens is 434 g/mol. The van der Waals surface area contributed by atoms with Crippen LogP contribution in [0.1, 0.15) is 10.4 Å². The largest absolute Gasteiger partial charge is 0.493 e. The number of ether oxygens (including phenoxy) is 2. The summed E-state index contributed by atoms with van der Waals surface area (Å²) in [5.74, 6) is 0.538. The minimum absolute atomic E-state index is 0.139. The van der Waals surface area contributed by atoms with E-state index >= 15 is 0 Å². The van der Waals surface area contributed by atoms with Gasteiger partial charge in [0.05, 0.1) is 25.7 Å². The van der Waals surface area contributed by atoms with Crippen LogP contribution in [-0.2, 0) is 14.8 Å². The lowest BCUT2D eigenvalue weighted by Gasteiger charge is -2.35. The van der Waals surface area contributed by atoms with Gasteiger partial charge in [-0.05, 0) is 30.3 Å². The van der Waals surface area contributed by atoms with Gasteiger partial charge in [0.2, 0.25) is 15.9 Å². The van der Waals surface area contributed by atoms with E-state index in [0.717, 1.165) is 4.31 Å². The second-order valence-corrected chi connectivity index (χ2v) is 9.36. The minimum atomic E-state index is -3.75. The predicted molar refractivity (Wildman–Crippen MR) is 118 cm³/mol. The Bertz CT molecular complexity index is 1070. The molecule has 2 aromatic carbocycles. The minimum Gasteiger partial charge on any atom is -0.493 e. The standard InChI is InChI=1S/C22H27N3O6S/c1-23(32(28,29)18-7-5-4-6-8-18)16-21(26)24-11-13-25(14-12-24)22(27)17-9-10-19(30-2)20(15-17)31-3/h4-10,15H,11-14,16H2,1-3H3. The number of methoxy groups -OCH3 is 2. The van der Waals surface area contributed by atoms with Gasteiger partial charge < -0.3 is 19.3 Å². The molecule has 32 heavy (non-hydrogen) atoms. The Kier molecular flexibility index (Phi) is 7.37. The number of piperazine rings is 1. The van der Waals surface area contributed by atoms with Crippen LogP contribution in [-0.4, -0.2) is 88.3 Å². The fourth-order valence-electron chi connectivity index (χ4n) is 3.46. The first kappa shape index (κ1) is 23.6. The molecule has 0 spiro atoms. The number of likely N-dealkylation sites (N-methyl/N-ethyl adjacent to an activating group) is 1. The van der Waals surface area contributed by atoms with Gasteiger partial charge in [-0.15, -0.1) is 0 Å². The summed E-state index contributed by atoms with van der Waals surface area (Å²) in [4.78, 5) is 28.9. The van der Waals surface area contributed by atoms with Gasteiger partial charge >= 0.3 is 0 Å². The zero-order valence-corrected chi connectivity index (χ0v) is 19.2. The molecule has 2 aromatic rings. The Morgan fingerprint density at radius 1 is 0.906 bits per heavy atom. The van der Waals surface area contributed by atoms with Crippen LogP contribution in [0.25, 0.3) is 0 Å². The van der Waals surface area contributed by atoms with Crippen LogP contribution in [0.5, 0.6) is 11.5 Å². The SMILES string of the molecule is COc1ccc(C(=O)N2CCN(C(=O)CN(C)S(=O)(=O)c3ccccc3)CC2)cc1OC. The number of amides is 2. The molecule has 1 fully saturated rings. The molecule has 0 aromatic heterocycles. The first-order valence-corrected chi connectivity index (χ1v) is 11.5. The Morgan fingerprint density at radius 2 is 1.50 bits per heavy atom. The van der Waals surface area contributed by atoms with Crippen LogP contribution in [0.3, 0.4) is 0 Å². The molecule has 0 atom stereocenters. The van der Waals surface area contributed by atoms with E-state index in [4.69, 9.17) is 9.47 Å². The molecule has 172 valence electrons. The van der Waals surface area contributed by atoms with E-state index in [1.807, 2.05) is 0 Å². The summed E-state index contributed by atoms with van der Waals surface area (Å²) in [5, 5.41) is 0. The fraction of sp³-hybridized carbons (Fsp3) is 0.364. The average molecular weight is 462 g/mol. The molecule has 1 aliphatic rings. The topological polar surface area (TPSA) is 96.5 Å². The van der Waals surface area contributed by atoms with E-state index in [1.165, 1.54) is 33.4 Å². The fourth-order valence-corrected chi connectivity index (χ4v) is 4.60. The number of hydrogen-bond acceptors (Lipinski definition) is 6. The zero-order valence-electron chi connectivity index (χ0n) is 18.4. The molecule has 0 unspecified atom stereocenters. The average Bonchev–Trinajstić information content (AvgIpc) is 2.83. The van der Waals surface area contributed by atoms with Crippen LogP contribution < -0.4 is 9.47 Å². The van der Waals surface area contributed by atoms with Gasteiger partial charge in [0, 0.05) is 38.8 Å². The molecule has 3 rings (SSSR count). The van der Waals surface area contributed by atoms with Gasteiger partial charge in [-0.3, -0.25) is 9.59 Å². The third-order valence-corrected chi connectivity index (χ3v) is 7.18. The monoisotopic (exact) mass is 461 g/mol. The maximum atomic E-state index is 12.8. The lowest BCUT2D eigenvalue weighted by molar-refractivity contribution is -0.132. The van der Waals surface area contributed by atoms with E-state index in [1.54, 1.807) is 46.2 Å². The lowest BCUT2D eigenvalue weighted by atomic mass is 10.1. The third kappa shape index (κ3) is 5.03. The molecular formula is C22H27N3O6S. The van der Waals surface area contributed by atoms with Crippen molar-refractivity contribution in [2.45, 2.75) is 4.90 Å². The normalized spacial score (nSPS) is 14.4. The summed E-state index contributed by atoms with van der Waals surface area (Å²) < 4.78 is 36.8. The van der Waals surface area contributed by atoms with Crippen molar-refractivity contribution in [3.63, 3.8) is 0 Å². The van der Waals surface area contributed by atoms with E-state index in [2.05, 4.69) is 0 Å². The van der Waals surface area contributed by atoms with Gasteiger partial charge in [-0.2, -0.15) is 4.31 Å². The van der Waals surface area contributed by atoms with Gasteiger partial charge in [-0.1, -0.05) is 18.2 Å². The van der Waals surface area contributed by atoms with E-state index in [9.17, 15) is 18.0 Å². The second-order valence-electron chi connectivity index (χ2n) is 7.32. The first-order valence-electron chi connectivity index (χ1n) is 10.1. The smallest absolute Gasteiger partial charge is 0.254 e. The Morgan fingerprint density at radius 3 is 2.09 bits per heavy atom. The molecule has 0 aliphatic carbocycles. The van der Waals surface area contributed by atoms with Crippen LogP contribution >= 0.6 is 0 Å². The Hall–Kier alpha value is -3.11. The number of nitrogens with zero attached hydrogens (tertiary/aromatic N) is 3. The number of benzene rings is 2. The van der Waals surface area contributed by atoms with Crippen LogP contribution in [0.4, 0.5) is 0 Å².